The highest BCUT2D eigenvalue weighted by Gasteiger charge is 2.33. The van der Waals surface area contributed by atoms with Gasteiger partial charge in [-0.2, -0.15) is 0 Å². The Bertz CT molecular complexity index is 591. The lowest BCUT2D eigenvalue weighted by Gasteiger charge is -2.21. The number of hydrogen-bond donors (Lipinski definition) is 2. The Morgan fingerprint density at radius 3 is 2.82 bits per heavy atom. The van der Waals surface area contributed by atoms with Crippen LogP contribution >= 0.6 is 0 Å². The lowest BCUT2D eigenvalue weighted by molar-refractivity contribution is -0.148. The van der Waals surface area contributed by atoms with Crippen LogP contribution in [0.1, 0.15) is 18.4 Å². The van der Waals surface area contributed by atoms with Gasteiger partial charge in [0.15, 0.2) is 0 Å². The second-order valence-electron chi connectivity index (χ2n) is 5.17. The molecule has 0 unspecified atom stereocenters. The second kappa shape index (κ2) is 7.02. The Labute approximate surface area is 126 Å². The Kier molecular flexibility index (Phi) is 5.08. The van der Waals surface area contributed by atoms with Gasteiger partial charge in [0.1, 0.15) is 11.9 Å². The first-order valence-electron chi connectivity index (χ1n) is 7.01. The fourth-order valence-electron chi connectivity index (χ4n) is 2.49. The minimum absolute atomic E-state index is 0.0343. The van der Waals surface area contributed by atoms with Crippen LogP contribution in [0.25, 0.3) is 0 Å². The minimum atomic E-state index is -1.03. The molecule has 0 aliphatic carbocycles. The van der Waals surface area contributed by atoms with E-state index in [1.807, 2.05) is 0 Å². The third-order valence-electron chi connectivity index (χ3n) is 3.55. The zero-order valence-corrected chi connectivity index (χ0v) is 11.9. The van der Waals surface area contributed by atoms with E-state index >= 15 is 0 Å². The van der Waals surface area contributed by atoms with Crippen LogP contribution in [-0.4, -0.2) is 46.9 Å². The molecule has 0 radical (unpaired) electrons. The standard InChI is InChI=1S/C15H17FN2O4/c16-11-4-1-3-10(7-11)8-13(19)17-9-14(20)18-6-2-5-12(18)15(21)22/h1,3-4,7,12H,2,5-6,8-9H2,(H,17,19)(H,21,22)/t12-/m1/s1. The monoisotopic (exact) mass is 308 g/mol. The number of aliphatic carboxylic acids is 1. The topological polar surface area (TPSA) is 86.7 Å². The van der Waals surface area contributed by atoms with E-state index in [1.54, 1.807) is 6.07 Å². The predicted octanol–water partition coefficient (Wildman–Crippen LogP) is 0.560. The molecule has 1 fully saturated rings. The zero-order chi connectivity index (χ0) is 16.1. The van der Waals surface area contributed by atoms with Crippen molar-refractivity contribution in [2.45, 2.75) is 25.3 Å². The van der Waals surface area contributed by atoms with E-state index in [2.05, 4.69) is 5.32 Å². The van der Waals surface area contributed by atoms with Crippen molar-refractivity contribution in [3.8, 4) is 0 Å². The van der Waals surface area contributed by atoms with Crippen LogP contribution < -0.4 is 5.32 Å². The summed E-state index contributed by atoms with van der Waals surface area (Å²) in [4.78, 5) is 36.0. The van der Waals surface area contributed by atoms with Crippen LogP contribution in [0.4, 0.5) is 4.39 Å². The van der Waals surface area contributed by atoms with Crippen molar-refractivity contribution >= 4 is 17.8 Å². The van der Waals surface area contributed by atoms with E-state index in [-0.39, 0.29) is 13.0 Å². The normalized spacial score (nSPS) is 17.3. The van der Waals surface area contributed by atoms with Gasteiger partial charge < -0.3 is 15.3 Å². The number of likely N-dealkylation sites (tertiary alicyclic amines) is 1. The Hall–Kier alpha value is -2.44. The van der Waals surface area contributed by atoms with Gasteiger partial charge in [0.25, 0.3) is 0 Å². The van der Waals surface area contributed by atoms with Crippen molar-refractivity contribution in [1.29, 1.82) is 0 Å². The number of hydrogen-bond acceptors (Lipinski definition) is 3. The van der Waals surface area contributed by atoms with Gasteiger partial charge in [0, 0.05) is 6.54 Å². The van der Waals surface area contributed by atoms with Gasteiger partial charge in [-0.25, -0.2) is 9.18 Å². The maximum atomic E-state index is 13.0. The molecular weight excluding hydrogens is 291 g/mol. The van der Waals surface area contributed by atoms with Crippen LogP contribution in [0.15, 0.2) is 24.3 Å². The Morgan fingerprint density at radius 1 is 1.36 bits per heavy atom. The van der Waals surface area contributed by atoms with Crippen LogP contribution in [0.2, 0.25) is 0 Å². The van der Waals surface area contributed by atoms with Crippen molar-refractivity contribution in [1.82, 2.24) is 10.2 Å². The predicted molar refractivity (Wildman–Crippen MR) is 75.5 cm³/mol. The molecule has 0 bridgehead atoms. The summed E-state index contributed by atoms with van der Waals surface area (Å²) >= 11 is 0. The fourth-order valence-corrected chi connectivity index (χ4v) is 2.49. The lowest BCUT2D eigenvalue weighted by atomic mass is 10.1. The second-order valence-corrected chi connectivity index (χ2v) is 5.17. The Morgan fingerprint density at radius 2 is 2.14 bits per heavy atom. The molecule has 2 rings (SSSR count). The highest BCUT2D eigenvalue weighted by Crippen LogP contribution is 2.17. The number of carbonyl (C=O) groups excluding carboxylic acids is 2. The molecule has 22 heavy (non-hydrogen) atoms. The van der Waals surface area contributed by atoms with Gasteiger partial charge in [-0.15, -0.1) is 0 Å². The minimum Gasteiger partial charge on any atom is -0.480 e. The third-order valence-corrected chi connectivity index (χ3v) is 3.55. The number of halogens is 1. The quantitative estimate of drug-likeness (QED) is 0.832. The van der Waals surface area contributed by atoms with Gasteiger partial charge in [-0.3, -0.25) is 9.59 Å². The molecule has 1 aliphatic heterocycles. The summed E-state index contributed by atoms with van der Waals surface area (Å²) in [6.07, 6.45) is 1.03. The smallest absolute Gasteiger partial charge is 0.326 e. The first-order valence-corrected chi connectivity index (χ1v) is 7.01. The van der Waals surface area contributed by atoms with E-state index in [0.29, 0.717) is 24.9 Å². The molecule has 118 valence electrons. The Balaban J connectivity index is 1.83. The van der Waals surface area contributed by atoms with Crippen molar-refractivity contribution in [2.24, 2.45) is 0 Å². The number of carboxylic acids is 1. The summed E-state index contributed by atoms with van der Waals surface area (Å²) in [6.45, 7) is 0.132. The maximum Gasteiger partial charge on any atom is 0.326 e. The van der Waals surface area contributed by atoms with Gasteiger partial charge in [0.05, 0.1) is 13.0 Å². The molecule has 1 aromatic carbocycles. The largest absolute Gasteiger partial charge is 0.480 e. The number of nitrogens with one attached hydrogen (secondary N) is 1. The highest BCUT2D eigenvalue weighted by molar-refractivity contribution is 5.88. The number of amides is 2. The van der Waals surface area contributed by atoms with E-state index in [4.69, 9.17) is 5.11 Å². The molecule has 2 amide bonds. The van der Waals surface area contributed by atoms with E-state index in [9.17, 15) is 18.8 Å². The molecule has 6 nitrogen and oxygen atoms in total. The van der Waals surface area contributed by atoms with E-state index < -0.39 is 29.6 Å². The van der Waals surface area contributed by atoms with Gasteiger partial charge in [0.2, 0.25) is 11.8 Å². The maximum absolute atomic E-state index is 13.0. The summed E-state index contributed by atoms with van der Waals surface area (Å²) in [5.41, 5.74) is 0.509. The first kappa shape index (κ1) is 15.9. The number of carboxylic acid groups (broad SMARTS) is 1. The SMILES string of the molecule is O=C(Cc1cccc(F)c1)NCC(=O)N1CCC[C@@H]1C(=O)O. The van der Waals surface area contributed by atoms with Gasteiger partial charge in [-0.1, -0.05) is 12.1 Å². The summed E-state index contributed by atoms with van der Waals surface area (Å²) in [5, 5.41) is 11.5. The number of carbonyl (C=O) groups is 3. The molecule has 2 N–H and O–H groups in total. The molecule has 0 aromatic heterocycles. The molecule has 7 heteroatoms. The van der Waals surface area contributed by atoms with Gasteiger partial charge in [-0.05, 0) is 30.5 Å². The number of benzene rings is 1. The molecule has 0 spiro atoms. The van der Waals surface area contributed by atoms with Crippen molar-refractivity contribution < 1.29 is 23.9 Å². The average Bonchev–Trinajstić information content (AvgIpc) is 2.94. The molecule has 1 saturated heterocycles. The van der Waals surface area contributed by atoms with Crippen molar-refractivity contribution in [2.75, 3.05) is 13.1 Å². The summed E-state index contributed by atoms with van der Waals surface area (Å²) in [5.74, 6) is -2.29. The van der Waals surface area contributed by atoms with Crippen LogP contribution in [-0.2, 0) is 20.8 Å². The fraction of sp³-hybridized carbons (Fsp3) is 0.400. The van der Waals surface area contributed by atoms with Gasteiger partial charge >= 0.3 is 5.97 Å². The summed E-state index contributed by atoms with van der Waals surface area (Å²) in [6, 6.07) is 4.84. The summed E-state index contributed by atoms with van der Waals surface area (Å²) in [7, 11) is 0. The molecule has 1 heterocycles. The van der Waals surface area contributed by atoms with Crippen LogP contribution in [0, 0.1) is 5.82 Å². The lowest BCUT2D eigenvalue weighted by Crippen LogP contribution is -2.45. The van der Waals surface area contributed by atoms with Crippen molar-refractivity contribution in [3.63, 3.8) is 0 Å². The van der Waals surface area contributed by atoms with Crippen LogP contribution in [0.5, 0.6) is 0 Å². The highest BCUT2D eigenvalue weighted by atomic mass is 19.1. The van der Waals surface area contributed by atoms with E-state index in [1.165, 1.54) is 23.1 Å². The van der Waals surface area contributed by atoms with Crippen LogP contribution in [0.3, 0.4) is 0 Å². The molecule has 1 aromatic rings. The average molecular weight is 308 g/mol. The third kappa shape index (κ3) is 4.03. The number of rotatable bonds is 5. The zero-order valence-electron chi connectivity index (χ0n) is 11.9. The number of nitrogens with zero attached hydrogens (tertiary/aromatic N) is 1. The summed E-state index contributed by atoms with van der Waals surface area (Å²) < 4.78 is 13.0. The van der Waals surface area contributed by atoms with E-state index in [0.717, 1.165) is 0 Å². The molecular formula is C15H17FN2O4. The van der Waals surface area contributed by atoms with Crippen molar-refractivity contribution in [3.05, 3.63) is 35.6 Å². The molecule has 1 atom stereocenters. The molecule has 1 aliphatic rings. The first-order chi connectivity index (χ1) is 10.5. The molecule has 0 saturated carbocycles.